The Morgan fingerprint density at radius 3 is 2.45 bits per heavy atom. The van der Waals surface area contributed by atoms with E-state index in [9.17, 15) is 8.78 Å². The number of nitrogens with zero attached hydrogens (tertiary/aromatic N) is 5. The molecule has 38 heavy (non-hydrogen) atoms. The van der Waals surface area contributed by atoms with Gasteiger partial charge in [-0.05, 0) is 66.4 Å². The van der Waals surface area contributed by atoms with Gasteiger partial charge >= 0.3 is 0 Å². The highest BCUT2D eigenvalue weighted by Gasteiger charge is 2.21. The Hall–Kier alpha value is -4.17. The van der Waals surface area contributed by atoms with E-state index in [2.05, 4.69) is 44.8 Å². The first kappa shape index (κ1) is 24.2. The molecule has 3 aromatic carbocycles. The fourth-order valence-corrected chi connectivity index (χ4v) is 5.07. The van der Waals surface area contributed by atoms with Crippen LogP contribution in [0.15, 0.2) is 71.4 Å². The number of rotatable bonds is 5. The first-order valence-corrected chi connectivity index (χ1v) is 12.7. The molecule has 0 bridgehead atoms. The molecule has 0 radical (unpaired) electrons. The zero-order valence-electron chi connectivity index (χ0n) is 21.3. The average molecular weight is 512 g/mol. The van der Waals surface area contributed by atoms with Gasteiger partial charge in [-0.1, -0.05) is 29.4 Å². The summed E-state index contributed by atoms with van der Waals surface area (Å²) < 4.78 is 33.0. The van der Waals surface area contributed by atoms with E-state index in [4.69, 9.17) is 4.52 Å². The van der Waals surface area contributed by atoms with Crippen molar-refractivity contribution in [1.29, 1.82) is 0 Å². The van der Waals surface area contributed by atoms with E-state index >= 15 is 0 Å². The Morgan fingerprint density at radius 2 is 1.66 bits per heavy atom. The van der Waals surface area contributed by atoms with Crippen LogP contribution in [0.2, 0.25) is 0 Å². The van der Waals surface area contributed by atoms with Gasteiger partial charge in [0.25, 0.3) is 5.89 Å². The first-order valence-electron chi connectivity index (χ1n) is 12.7. The predicted molar refractivity (Wildman–Crippen MR) is 144 cm³/mol. The van der Waals surface area contributed by atoms with E-state index in [-0.39, 0.29) is 0 Å². The summed E-state index contributed by atoms with van der Waals surface area (Å²) in [6.45, 7) is 8.18. The molecule has 1 aliphatic rings. The number of aryl methyl sites for hydroxylation is 1. The minimum Gasteiger partial charge on any atom is -0.368 e. The van der Waals surface area contributed by atoms with Crippen molar-refractivity contribution in [2.75, 3.05) is 31.1 Å². The molecule has 8 heteroatoms. The highest BCUT2D eigenvalue weighted by Crippen LogP contribution is 2.31. The van der Waals surface area contributed by atoms with Crippen molar-refractivity contribution in [2.24, 2.45) is 0 Å². The van der Waals surface area contributed by atoms with E-state index in [1.807, 2.05) is 36.4 Å². The van der Waals surface area contributed by atoms with Gasteiger partial charge in [0.2, 0.25) is 0 Å². The van der Waals surface area contributed by atoms with Crippen LogP contribution in [-0.4, -0.2) is 46.2 Å². The topological polar surface area (TPSA) is 58.3 Å². The van der Waals surface area contributed by atoms with E-state index in [1.54, 1.807) is 6.20 Å². The summed E-state index contributed by atoms with van der Waals surface area (Å²) in [5.74, 6) is 0.0532. The number of benzene rings is 3. The van der Waals surface area contributed by atoms with Gasteiger partial charge in [0.1, 0.15) is 11.6 Å². The quantitative estimate of drug-likeness (QED) is 0.281. The highest BCUT2D eigenvalue weighted by molar-refractivity contribution is 5.94. The van der Waals surface area contributed by atoms with Gasteiger partial charge in [-0.25, -0.2) is 8.78 Å². The zero-order chi connectivity index (χ0) is 26.2. The molecule has 0 aliphatic carbocycles. The molecule has 0 atom stereocenters. The molecular formula is C30H27F2N5O. The third-order valence-electron chi connectivity index (χ3n) is 7.30. The molecule has 0 amide bonds. The van der Waals surface area contributed by atoms with E-state index < -0.39 is 11.6 Å². The molecule has 6 nitrogen and oxygen atoms in total. The summed E-state index contributed by atoms with van der Waals surface area (Å²) in [5.41, 5.74) is 6.43. The summed E-state index contributed by atoms with van der Waals surface area (Å²) in [4.78, 5) is 13.9. The largest absolute Gasteiger partial charge is 0.368 e. The van der Waals surface area contributed by atoms with Gasteiger partial charge in [-0.2, -0.15) is 4.98 Å². The Balaban J connectivity index is 1.15. The Kier molecular flexibility index (Phi) is 6.33. The van der Waals surface area contributed by atoms with Gasteiger partial charge in [0, 0.05) is 55.1 Å². The summed E-state index contributed by atoms with van der Waals surface area (Å²) in [6.07, 6.45) is 1.79. The molecule has 192 valence electrons. The molecule has 1 saturated heterocycles. The maximum atomic E-state index is 13.7. The Bertz CT molecular complexity index is 1600. The number of hydrogen-bond acceptors (Lipinski definition) is 6. The van der Waals surface area contributed by atoms with Crippen LogP contribution in [0.1, 0.15) is 17.0 Å². The first-order chi connectivity index (χ1) is 18.4. The molecule has 5 aromatic rings. The van der Waals surface area contributed by atoms with Gasteiger partial charge in [0.05, 0.1) is 12.1 Å². The molecule has 0 saturated carbocycles. The third-order valence-corrected chi connectivity index (χ3v) is 7.30. The van der Waals surface area contributed by atoms with Crippen molar-refractivity contribution in [1.82, 2.24) is 20.0 Å². The average Bonchev–Trinajstić information content (AvgIpc) is 3.37. The molecule has 2 aromatic heterocycles. The summed E-state index contributed by atoms with van der Waals surface area (Å²) in [6, 6.07) is 17.4. The van der Waals surface area contributed by atoms with Crippen LogP contribution >= 0.6 is 0 Å². The van der Waals surface area contributed by atoms with Crippen LogP contribution in [-0.2, 0) is 6.54 Å². The summed E-state index contributed by atoms with van der Waals surface area (Å²) in [5, 5.41) is 5.23. The van der Waals surface area contributed by atoms with E-state index in [0.717, 1.165) is 65.5 Å². The summed E-state index contributed by atoms with van der Waals surface area (Å²) >= 11 is 0. The number of hydrogen-bond donors (Lipinski definition) is 0. The van der Waals surface area contributed by atoms with Crippen LogP contribution in [0, 0.1) is 25.5 Å². The van der Waals surface area contributed by atoms with Crippen LogP contribution in [0.25, 0.3) is 33.5 Å². The van der Waals surface area contributed by atoms with Crippen molar-refractivity contribution >= 4 is 16.6 Å². The van der Waals surface area contributed by atoms with E-state index in [0.29, 0.717) is 23.8 Å². The normalized spacial score (nSPS) is 14.4. The van der Waals surface area contributed by atoms with Gasteiger partial charge in [-0.3, -0.25) is 9.88 Å². The number of fused-ring (bicyclic) bond motifs is 1. The fourth-order valence-electron chi connectivity index (χ4n) is 5.07. The second-order valence-corrected chi connectivity index (χ2v) is 9.75. The standard InChI is InChI=1S/C30H27F2N5O/c1-19-4-3-5-25(20(19)2)30-34-29(35-38-30)18-36-10-12-37(13-11-36)28-8-9-33-27-16-21(6-7-26(27)28)22-14-23(31)17-24(32)15-22/h3-9,14-17H,10-13,18H2,1-2H3. The van der Waals surface area contributed by atoms with Crippen molar-refractivity contribution in [3.8, 4) is 22.6 Å². The SMILES string of the molecule is Cc1cccc(-c2nc(CN3CCN(c4ccnc5cc(-c6cc(F)cc(F)c6)ccc45)CC3)no2)c1C. The lowest BCUT2D eigenvalue weighted by Crippen LogP contribution is -2.46. The van der Waals surface area contributed by atoms with Gasteiger partial charge < -0.3 is 9.42 Å². The molecule has 0 spiro atoms. The number of anilines is 1. The fraction of sp³-hybridized carbons (Fsp3) is 0.233. The number of halogens is 2. The lowest BCUT2D eigenvalue weighted by molar-refractivity contribution is 0.240. The third kappa shape index (κ3) is 4.75. The van der Waals surface area contributed by atoms with Crippen molar-refractivity contribution in [3.63, 3.8) is 0 Å². The number of piperazine rings is 1. The molecule has 1 fully saturated rings. The van der Waals surface area contributed by atoms with Gasteiger partial charge in [0.15, 0.2) is 5.82 Å². The molecular weight excluding hydrogens is 484 g/mol. The number of pyridine rings is 1. The minimum absolute atomic E-state index is 0.493. The number of aromatic nitrogens is 3. The molecule has 0 N–H and O–H groups in total. The molecule has 3 heterocycles. The zero-order valence-corrected chi connectivity index (χ0v) is 21.3. The second kappa shape index (κ2) is 9.95. The van der Waals surface area contributed by atoms with Crippen molar-refractivity contribution < 1.29 is 13.3 Å². The van der Waals surface area contributed by atoms with Crippen LogP contribution < -0.4 is 4.90 Å². The maximum absolute atomic E-state index is 13.7. The maximum Gasteiger partial charge on any atom is 0.258 e. The van der Waals surface area contributed by atoms with Crippen LogP contribution in [0.4, 0.5) is 14.5 Å². The van der Waals surface area contributed by atoms with E-state index in [1.165, 1.54) is 17.7 Å². The lowest BCUT2D eigenvalue weighted by Gasteiger charge is -2.36. The molecule has 1 aliphatic heterocycles. The Morgan fingerprint density at radius 1 is 0.868 bits per heavy atom. The highest BCUT2D eigenvalue weighted by atomic mass is 19.1. The van der Waals surface area contributed by atoms with Crippen LogP contribution in [0.5, 0.6) is 0 Å². The summed E-state index contributed by atoms with van der Waals surface area (Å²) in [7, 11) is 0. The Labute approximate surface area is 219 Å². The van der Waals surface area contributed by atoms with Crippen molar-refractivity contribution in [3.05, 3.63) is 95.4 Å². The molecule has 6 rings (SSSR count). The minimum atomic E-state index is -0.595. The van der Waals surface area contributed by atoms with Gasteiger partial charge in [-0.15, -0.1) is 0 Å². The monoisotopic (exact) mass is 511 g/mol. The second-order valence-electron chi connectivity index (χ2n) is 9.75. The van der Waals surface area contributed by atoms with Crippen molar-refractivity contribution in [2.45, 2.75) is 20.4 Å². The smallest absolute Gasteiger partial charge is 0.258 e. The predicted octanol–water partition coefficient (Wildman–Crippen LogP) is 6.17. The lowest BCUT2D eigenvalue weighted by atomic mass is 10.0. The van der Waals surface area contributed by atoms with Crippen LogP contribution in [0.3, 0.4) is 0 Å². The molecule has 0 unspecified atom stereocenters.